The molecule has 1 amide bonds. The van der Waals surface area contributed by atoms with Crippen LogP contribution in [0.5, 0.6) is 0 Å². The van der Waals surface area contributed by atoms with Gasteiger partial charge in [0, 0.05) is 17.9 Å². The highest BCUT2D eigenvalue weighted by Crippen LogP contribution is 2.20. The van der Waals surface area contributed by atoms with E-state index in [-0.39, 0.29) is 5.91 Å². The number of halogens is 1. The highest BCUT2D eigenvalue weighted by molar-refractivity contribution is 9.09. The summed E-state index contributed by atoms with van der Waals surface area (Å²) in [5.41, 5.74) is 2.32. The molecule has 0 aromatic carbocycles. The van der Waals surface area contributed by atoms with Gasteiger partial charge in [-0.1, -0.05) is 22.9 Å². The van der Waals surface area contributed by atoms with Crippen LogP contribution in [0.1, 0.15) is 41.5 Å². The fourth-order valence-corrected chi connectivity index (χ4v) is 2.59. The lowest BCUT2D eigenvalue weighted by Gasteiger charge is -2.29. The molecule has 1 aliphatic rings. The van der Waals surface area contributed by atoms with Crippen LogP contribution >= 0.6 is 15.9 Å². The fourth-order valence-electron chi connectivity index (χ4n) is 2.18. The minimum atomic E-state index is 0.101. The lowest BCUT2D eigenvalue weighted by Crippen LogP contribution is -2.39. The summed E-state index contributed by atoms with van der Waals surface area (Å²) >= 11 is 3.60. The van der Waals surface area contributed by atoms with Gasteiger partial charge in [-0.15, -0.1) is 0 Å². The van der Waals surface area contributed by atoms with Gasteiger partial charge in [0.15, 0.2) is 0 Å². The molecule has 0 atom stereocenters. The minimum Gasteiger partial charge on any atom is -0.339 e. The molecule has 4 nitrogen and oxygen atoms in total. The topological polar surface area (TPSA) is 46.1 Å². The maximum Gasteiger partial charge on any atom is 0.255 e. The highest BCUT2D eigenvalue weighted by Gasteiger charge is 2.24. The Morgan fingerprint density at radius 3 is 2.72 bits per heavy atom. The van der Waals surface area contributed by atoms with E-state index in [9.17, 15) is 4.79 Å². The smallest absolute Gasteiger partial charge is 0.255 e. The number of aryl methyl sites for hydroxylation is 2. The molecule has 1 aliphatic heterocycles. The summed E-state index contributed by atoms with van der Waals surface area (Å²) in [6.45, 7) is 5.51. The maximum atomic E-state index is 12.5. The van der Waals surface area contributed by atoms with Crippen molar-refractivity contribution in [2.45, 2.75) is 37.9 Å². The molecule has 1 saturated heterocycles. The first-order valence-corrected chi connectivity index (χ1v) is 7.30. The first-order chi connectivity index (χ1) is 8.61. The van der Waals surface area contributed by atoms with Crippen LogP contribution in [0.25, 0.3) is 0 Å². The number of hydrogen-bond donors (Lipinski definition) is 0. The van der Waals surface area contributed by atoms with Crippen molar-refractivity contribution in [3.63, 3.8) is 0 Å². The molecule has 0 aliphatic carbocycles. The molecule has 0 bridgehead atoms. The van der Waals surface area contributed by atoms with Gasteiger partial charge in [0.1, 0.15) is 0 Å². The van der Waals surface area contributed by atoms with Crippen LogP contribution in [0.3, 0.4) is 0 Å². The average molecular weight is 312 g/mol. The van der Waals surface area contributed by atoms with Crippen molar-refractivity contribution in [2.24, 2.45) is 0 Å². The number of likely N-dealkylation sites (tertiary alicyclic amines) is 1. The van der Waals surface area contributed by atoms with Gasteiger partial charge in [-0.05, 0) is 32.3 Å². The summed E-state index contributed by atoms with van der Waals surface area (Å²) in [6.07, 6.45) is 2.78. The monoisotopic (exact) mass is 311 g/mol. The summed E-state index contributed by atoms with van der Waals surface area (Å²) < 4.78 is 0. The Morgan fingerprint density at radius 2 is 2.11 bits per heavy atom. The summed E-state index contributed by atoms with van der Waals surface area (Å²) in [5.74, 6) is 0.101. The van der Waals surface area contributed by atoms with Crippen molar-refractivity contribution < 1.29 is 4.79 Å². The molecule has 18 heavy (non-hydrogen) atoms. The molecule has 1 fully saturated rings. The van der Waals surface area contributed by atoms with E-state index in [0.29, 0.717) is 4.83 Å². The molecule has 2 heterocycles. The summed E-state index contributed by atoms with van der Waals surface area (Å²) in [5, 5.41) is 8.14. The predicted octanol–water partition coefficient (Wildman–Crippen LogP) is 2.35. The first kappa shape index (κ1) is 13.5. The lowest BCUT2D eigenvalue weighted by molar-refractivity contribution is 0.0726. The predicted molar refractivity (Wildman–Crippen MR) is 74.0 cm³/mol. The molecule has 5 heteroatoms. The standard InChI is InChI=1S/C13H18BrN3O/c1-3-12-11(8-9(2)15-16-12)13(18)17-6-4-10(14)5-7-17/h8,10H,3-7H2,1-2H3. The molecule has 0 spiro atoms. The second-order valence-corrected chi connectivity index (χ2v) is 5.96. The third-order valence-corrected chi connectivity index (χ3v) is 4.19. The molecular formula is C13H18BrN3O. The number of piperidine rings is 1. The largest absolute Gasteiger partial charge is 0.339 e. The maximum absolute atomic E-state index is 12.5. The third kappa shape index (κ3) is 2.88. The molecule has 0 radical (unpaired) electrons. The number of alkyl halides is 1. The van der Waals surface area contributed by atoms with E-state index in [2.05, 4.69) is 26.1 Å². The zero-order valence-electron chi connectivity index (χ0n) is 10.8. The van der Waals surface area contributed by atoms with Crippen molar-refractivity contribution in [2.75, 3.05) is 13.1 Å². The van der Waals surface area contributed by atoms with Crippen molar-refractivity contribution >= 4 is 21.8 Å². The van der Waals surface area contributed by atoms with Crippen molar-refractivity contribution in [3.8, 4) is 0 Å². The van der Waals surface area contributed by atoms with Crippen LogP contribution in [0.4, 0.5) is 0 Å². The van der Waals surface area contributed by atoms with Gasteiger partial charge in [0.25, 0.3) is 5.91 Å². The third-order valence-electron chi connectivity index (χ3n) is 3.27. The second kappa shape index (κ2) is 5.78. The van der Waals surface area contributed by atoms with E-state index in [1.54, 1.807) is 0 Å². The molecule has 0 N–H and O–H groups in total. The zero-order valence-corrected chi connectivity index (χ0v) is 12.4. The van der Waals surface area contributed by atoms with E-state index < -0.39 is 0 Å². The van der Waals surface area contributed by atoms with Crippen LogP contribution < -0.4 is 0 Å². The van der Waals surface area contributed by atoms with E-state index in [4.69, 9.17) is 0 Å². The Bertz CT molecular complexity index is 442. The Balaban J connectivity index is 2.20. The van der Waals surface area contributed by atoms with E-state index in [1.807, 2.05) is 24.8 Å². The second-order valence-electron chi connectivity index (χ2n) is 4.67. The first-order valence-electron chi connectivity index (χ1n) is 6.38. The number of hydrogen-bond acceptors (Lipinski definition) is 3. The Morgan fingerprint density at radius 1 is 1.44 bits per heavy atom. The van der Waals surface area contributed by atoms with Gasteiger partial charge >= 0.3 is 0 Å². The highest BCUT2D eigenvalue weighted by atomic mass is 79.9. The van der Waals surface area contributed by atoms with E-state index >= 15 is 0 Å². The molecule has 0 saturated carbocycles. The molecule has 2 rings (SSSR count). The molecule has 1 aromatic heterocycles. The zero-order chi connectivity index (χ0) is 13.1. The van der Waals surface area contributed by atoms with Crippen molar-refractivity contribution in [1.82, 2.24) is 15.1 Å². The van der Waals surface area contributed by atoms with Gasteiger partial charge in [0.2, 0.25) is 0 Å². The molecule has 1 aromatic rings. The van der Waals surface area contributed by atoms with Gasteiger partial charge in [-0.2, -0.15) is 10.2 Å². The number of carbonyl (C=O) groups is 1. The number of nitrogens with zero attached hydrogens (tertiary/aromatic N) is 3. The molecule has 0 unspecified atom stereocenters. The number of aromatic nitrogens is 2. The van der Waals surface area contributed by atoms with Crippen LogP contribution in [-0.4, -0.2) is 38.9 Å². The van der Waals surface area contributed by atoms with Crippen molar-refractivity contribution in [1.29, 1.82) is 0 Å². The number of amides is 1. The quantitative estimate of drug-likeness (QED) is 0.788. The Hall–Kier alpha value is -0.970. The van der Waals surface area contributed by atoms with Crippen LogP contribution in [-0.2, 0) is 6.42 Å². The Labute approximate surface area is 116 Å². The van der Waals surface area contributed by atoms with Crippen molar-refractivity contribution in [3.05, 3.63) is 23.0 Å². The van der Waals surface area contributed by atoms with E-state index in [1.165, 1.54) is 0 Å². The Kier molecular flexibility index (Phi) is 4.32. The molecule has 98 valence electrons. The van der Waals surface area contributed by atoms with Gasteiger partial charge in [0.05, 0.1) is 17.0 Å². The minimum absolute atomic E-state index is 0.101. The molecular weight excluding hydrogens is 294 g/mol. The van der Waals surface area contributed by atoms with Crippen LogP contribution in [0.2, 0.25) is 0 Å². The van der Waals surface area contributed by atoms with Gasteiger partial charge in [-0.3, -0.25) is 4.79 Å². The number of carbonyl (C=O) groups excluding carboxylic acids is 1. The SMILES string of the molecule is CCc1nnc(C)cc1C(=O)N1CCC(Br)CC1. The van der Waals surface area contributed by atoms with Gasteiger partial charge < -0.3 is 4.90 Å². The van der Waals surface area contributed by atoms with Crippen LogP contribution in [0.15, 0.2) is 6.07 Å². The van der Waals surface area contributed by atoms with E-state index in [0.717, 1.165) is 49.3 Å². The van der Waals surface area contributed by atoms with Gasteiger partial charge in [-0.25, -0.2) is 0 Å². The number of rotatable bonds is 2. The average Bonchev–Trinajstić information content (AvgIpc) is 2.39. The lowest BCUT2D eigenvalue weighted by atomic mass is 10.1. The summed E-state index contributed by atoms with van der Waals surface area (Å²) in [6, 6.07) is 1.86. The summed E-state index contributed by atoms with van der Waals surface area (Å²) in [4.78, 5) is 15.0. The van der Waals surface area contributed by atoms with Crippen LogP contribution in [0, 0.1) is 6.92 Å². The fraction of sp³-hybridized carbons (Fsp3) is 0.615. The summed E-state index contributed by atoms with van der Waals surface area (Å²) in [7, 11) is 0. The normalized spacial score (nSPS) is 16.9.